The van der Waals surface area contributed by atoms with Gasteiger partial charge in [0.2, 0.25) is 5.91 Å². The molecule has 0 spiro atoms. The predicted octanol–water partition coefficient (Wildman–Crippen LogP) is 1.25. The van der Waals surface area contributed by atoms with Crippen LogP contribution in [0.1, 0.15) is 16.8 Å². The topological polar surface area (TPSA) is 49.4 Å². The number of halogens is 1. The van der Waals surface area contributed by atoms with Crippen molar-refractivity contribution in [3.05, 3.63) is 33.4 Å². The maximum absolute atomic E-state index is 12.0. The van der Waals surface area contributed by atoms with Crippen LogP contribution in [0, 0.1) is 3.57 Å². The molecule has 90 valence electrons. The molecule has 1 aromatic rings. The zero-order chi connectivity index (χ0) is 12.4. The molecule has 1 aliphatic heterocycles. The molecule has 2 amide bonds. The molecule has 5 heteroatoms. The number of carbonyl (C=O) groups excluding carboxylic acids is 2. The van der Waals surface area contributed by atoms with E-state index in [9.17, 15) is 9.59 Å². The standard InChI is InChI=1S/C12H13IN2O2/c1-15-7-6-10(12(15)17)14-11(16)8-4-2-3-5-9(8)13/h2-5,10H,6-7H2,1H3,(H,14,16). The molecule has 0 saturated carbocycles. The van der Waals surface area contributed by atoms with E-state index in [1.807, 2.05) is 18.2 Å². The van der Waals surface area contributed by atoms with Gasteiger partial charge in [0.1, 0.15) is 6.04 Å². The van der Waals surface area contributed by atoms with Gasteiger partial charge in [-0.25, -0.2) is 0 Å². The SMILES string of the molecule is CN1CCC(NC(=O)c2ccccc2I)C1=O. The van der Waals surface area contributed by atoms with Crippen molar-refractivity contribution in [3.8, 4) is 0 Å². The van der Waals surface area contributed by atoms with Crippen molar-refractivity contribution in [2.75, 3.05) is 13.6 Å². The van der Waals surface area contributed by atoms with Gasteiger partial charge >= 0.3 is 0 Å². The van der Waals surface area contributed by atoms with Crippen molar-refractivity contribution in [2.45, 2.75) is 12.5 Å². The summed E-state index contributed by atoms with van der Waals surface area (Å²) in [5, 5.41) is 2.78. The van der Waals surface area contributed by atoms with Crippen LogP contribution in [0.2, 0.25) is 0 Å². The predicted molar refractivity (Wildman–Crippen MR) is 72.7 cm³/mol. The fraction of sp³-hybridized carbons (Fsp3) is 0.333. The maximum Gasteiger partial charge on any atom is 0.253 e. The lowest BCUT2D eigenvalue weighted by Crippen LogP contribution is -2.40. The Morgan fingerprint density at radius 3 is 2.76 bits per heavy atom. The lowest BCUT2D eigenvalue weighted by atomic mass is 10.2. The minimum Gasteiger partial charge on any atom is -0.344 e. The number of likely N-dealkylation sites (N-methyl/N-ethyl adjacent to an activating group) is 1. The van der Waals surface area contributed by atoms with Crippen LogP contribution < -0.4 is 5.32 Å². The zero-order valence-corrected chi connectivity index (χ0v) is 11.6. The van der Waals surface area contributed by atoms with Gasteiger partial charge in [0.25, 0.3) is 5.91 Å². The summed E-state index contributed by atoms with van der Waals surface area (Å²) in [5.74, 6) is -0.187. The molecule has 17 heavy (non-hydrogen) atoms. The zero-order valence-electron chi connectivity index (χ0n) is 9.44. The van der Waals surface area contributed by atoms with Crippen LogP contribution in [0.25, 0.3) is 0 Å². The van der Waals surface area contributed by atoms with Gasteiger partial charge in [-0.2, -0.15) is 0 Å². The van der Waals surface area contributed by atoms with E-state index in [0.717, 1.165) is 3.57 Å². The Hall–Kier alpha value is -1.11. The molecule has 4 nitrogen and oxygen atoms in total. The van der Waals surface area contributed by atoms with Crippen molar-refractivity contribution in [2.24, 2.45) is 0 Å². The number of likely N-dealkylation sites (tertiary alicyclic amines) is 1. The maximum atomic E-state index is 12.0. The molecule has 1 heterocycles. The Morgan fingerprint density at radius 1 is 1.47 bits per heavy atom. The number of benzene rings is 1. The molecule has 1 saturated heterocycles. The monoisotopic (exact) mass is 344 g/mol. The summed E-state index contributed by atoms with van der Waals surface area (Å²) >= 11 is 2.12. The molecule has 1 fully saturated rings. The van der Waals surface area contributed by atoms with Crippen LogP contribution in [0.15, 0.2) is 24.3 Å². The highest BCUT2D eigenvalue weighted by Crippen LogP contribution is 2.13. The van der Waals surface area contributed by atoms with E-state index >= 15 is 0 Å². The van der Waals surface area contributed by atoms with E-state index < -0.39 is 0 Å². The second-order valence-electron chi connectivity index (χ2n) is 4.05. The first-order valence-electron chi connectivity index (χ1n) is 5.40. The molecule has 2 rings (SSSR count). The molecule has 1 atom stereocenters. The number of carbonyl (C=O) groups is 2. The van der Waals surface area contributed by atoms with Crippen molar-refractivity contribution in [3.63, 3.8) is 0 Å². The van der Waals surface area contributed by atoms with E-state index in [0.29, 0.717) is 18.5 Å². The summed E-state index contributed by atoms with van der Waals surface area (Å²) in [6.45, 7) is 0.704. The summed E-state index contributed by atoms with van der Waals surface area (Å²) < 4.78 is 0.890. The van der Waals surface area contributed by atoms with Gasteiger partial charge < -0.3 is 10.2 Å². The minimum atomic E-state index is -0.372. The third-order valence-electron chi connectivity index (χ3n) is 2.85. The Bertz CT molecular complexity index is 462. The molecule has 1 aromatic carbocycles. The number of amides is 2. The first-order valence-corrected chi connectivity index (χ1v) is 6.48. The smallest absolute Gasteiger partial charge is 0.253 e. The molecule has 0 aliphatic carbocycles. The highest BCUT2D eigenvalue weighted by molar-refractivity contribution is 14.1. The third-order valence-corrected chi connectivity index (χ3v) is 3.79. The van der Waals surface area contributed by atoms with Crippen LogP contribution in [0.5, 0.6) is 0 Å². The Balaban J connectivity index is 2.08. The van der Waals surface area contributed by atoms with Crippen LogP contribution >= 0.6 is 22.6 Å². The third kappa shape index (κ3) is 2.59. The van der Waals surface area contributed by atoms with Crippen LogP contribution in [-0.2, 0) is 4.79 Å². The Kier molecular flexibility index (Phi) is 3.66. The van der Waals surface area contributed by atoms with Gasteiger partial charge in [-0.3, -0.25) is 9.59 Å². The number of nitrogens with one attached hydrogen (secondary N) is 1. The fourth-order valence-corrected chi connectivity index (χ4v) is 2.47. The van der Waals surface area contributed by atoms with E-state index in [4.69, 9.17) is 0 Å². The van der Waals surface area contributed by atoms with E-state index in [1.54, 1.807) is 18.0 Å². The molecule has 1 unspecified atom stereocenters. The summed E-state index contributed by atoms with van der Waals surface area (Å²) in [7, 11) is 1.75. The number of rotatable bonds is 2. The first kappa shape index (κ1) is 12.3. The Labute approximate surface area is 114 Å². The van der Waals surface area contributed by atoms with Crippen molar-refractivity contribution >= 4 is 34.4 Å². The van der Waals surface area contributed by atoms with Gasteiger partial charge in [0.05, 0.1) is 5.56 Å². The normalized spacial score (nSPS) is 19.5. The number of hydrogen-bond acceptors (Lipinski definition) is 2. The number of nitrogens with zero attached hydrogens (tertiary/aromatic N) is 1. The summed E-state index contributed by atoms with van der Waals surface area (Å²) in [5.41, 5.74) is 0.621. The van der Waals surface area contributed by atoms with Crippen LogP contribution in [0.4, 0.5) is 0 Å². The molecule has 1 N–H and O–H groups in total. The summed E-state index contributed by atoms with van der Waals surface area (Å²) in [6.07, 6.45) is 0.685. The first-order chi connectivity index (χ1) is 8.09. The highest BCUT2D eigenvalue weighted by atomic mass is 127. The molecular weight excluding hydrogens is 331 g/mol. The van der Waals surface area contributed by atoms with E-state index in [1.165, 1.54) is 0 Å². The summed E-state index contributed by atoms with van der Waals surface area (Å²) in [6, 6.07) is 6.97. The average molecular weight is 344 g/mol. The molecule has 1 aliphatic rings. The van der Waals surface area contributed by atoms with E-state index in [-0.39, 0.29) is 17.9 Å². The van der Waals surface area contributed by atoms with Crippen molar-refractivity contribution in [1.29, 1.82) is 0 Å². The second kappa shape index (κ2) is 5.03. The average Bonchev–Trinajstić information content (AvgIpc) is 2.61. The Morgan fingerprint density at radius 2 is 2.18 bits per heavy atom. The lowest BCUT2D eigenvalue weighted by Gasteiger charge is -2.12. The highest BCUT2D eigenvalue weighted by Gasteiger charge is 2.30. The van der Waals surface area contributed by atoms with Gasteiger partial charge in [0, 0.05) is 17.2 Å². The molecular formula is C12H13IN2O2. The minimum absolute atomic E-state index is 0.00992. The molecule has 0 radical (unpaired) electrons. The van der Waals surface area contributed by atoms with E-state index in [2.05, 4.69) is 27.9 Å². The van der Waals surface area contributed by atoms with Gasteiger partial charge in [-0.15, -0.1) is 0 Å². The molecule has 0 aromatic heterocycles. The fourth-order valence-electron chi connectivity index (χ4n) is 1.84. The van der Waals surface area contributed by atoms with Gasteiger partial charge in [-0.05, 0) is 41.1 Å². The van der Waals surface area contributed by atoms with Crippen molar-refractivity contribution in [1.82, 2.24) is 10.2 Å². The van der Waals surface area contributed by atoms with Crippen LogP contribution in [-0.4, -0.2) is 36.3 Å². The number of hydrogen-bond donors (Lipinski definition) is 1. The van der Waals surface area contributed by atoms with Gasteiger partial charge in [0.15, 0.2) is 0 Å². The molecule has 0 bridgehead atoms. The quantitative estimate of drug-likeness (QED) is 0.821. The van der Waals surface area contributed by atoms with Gasteiger partial charge in [-0.1, -0.05) is 12.1 Å². The van der Waals surface area contributed by atoms with Crippen LogP contribution in [0.3, 0.4) is 0 Å². The van der Waals surface area contributed by atoms with Crippen molar-refractivity contribution < 1.29 is 9.59 Å². The lowest BCUT2D eigenvalue weighted by molar-refractivity contribution is -0.128. The largest absolute Gasteiger partial charge is 0.344 e. The second-order valence-corrected chi connectivity index (χ2v) is 5.22. The summed E-state index contributed by atoms with van der Waals surface area (Å²) in [4.78, 5) is 25.3.